The van der Waals surface area contributed by atoms with Crippen molar-refractivity contribution < 1.29 is 19.0 Å². The molecule has 0 spiro atoms. The molecule has 1 saturated carbocycles. The number of hydrogen-bond acceptors (Lipinski definition) is 4. The maximum Gasteiger partial charge on any atom is 0.314 e. The molecular weight excluding hydrogens is 232 g/mol. The topological polar surface area (TPSA) is 44.8 Å². The molecule has 2 aliphatic rings. The molecule has 4 heteroatoms. The Morgan fingerprint density at radius 1 is 1.33 bits per heavy atom. The summed E-state index contributed by atoms with van der Waals surface area (Å²) in [6.07, 6.45) is 2.82. The van der Waals surface area contributed by atoms with Crippen LogP contribution in [0.1, 0.15) is 30.9 Å². The zero-order valence-corrected chi connectivity index (χ0v) is 10.3. The quantitative estimate of drug-likeness (QED) is 0.609. The summed E-state index contributed by atoms with van der Waals surface area (Å²) in [7, 11) is 1.70. The van der Waals surface area contributed by atoms with E-state index in [-0.39, 0.29) is 18.0 Å². The van der Waals surface area contributed by atoms with Crippen molar-refractivity contribution in [3.8, 4) is 11.5 Å². The fraction of sp³-hybridized carbons (Fsp3) is 0.500. The van der Waals surface area contributed by atoms with Gasteiger partial charge in [0.25, 0.3) is 0 Å². The molecule has 0 saturated heterocycles. The molecule has 0 radical (unpaired) electrons. The van der Waals surface area contributed by atoms with E-state index in [2.05, 4.69) is 0 Å². The lowest BCUT2D eigenvalue weighted by molar-refractivity contribution is -0.135. The third-order valence-electron chi connectivity index (χ3n) is 3.38. The van der Waals surface area contributed by atoms with Crippen LogP contribution in [0.5, 0.6) is 11.5 Å². The minimum atomic E-state index is -0.131. The first-order valence-corrected chi connectivity index (χ1v) is 6.29. The van der Waals surface area contributed by atoms with E-state index < -0.39 is 0 Å². The Bertz CT molecular complexity index is 465. The molecule has 1 aromatic rings. The first-order valence-electron chi connectivity index (χ1n) is 6.29. The van der Waals surface area contributed by atoms with Crippen molar-refractivity contribution in [2.75, 3.05) is 13.7 Å². The van der Waals surface area contributed by atoms with Crippen molar-refractivity contribution in [2.45, 2.75) is 25.4 Å². The van der Waals surface area contributed by atoms with Gasteiger partial charge >= 0.3 is 5.97 Å². The molecule has 96 valence electrons. The van der Waals surface area contributed by atoms with Crippen molar-refractivity contribution >= 4 is 5.97 Å². The Kier molecular flexibility index (Phi) is 2.96. The molecule has 0 N–H and O–H groups in total. The number of carbonyl (C=O) groups excluding carboxylic acids is 1. The van der Waals surface area contributed by atoms with E-state index in [0.29, 0.717) is 12.4 Å². The number of benzene rings is 1. The molecule has 3 rings (SSSR count). The summed E-state index contributed by atoms with van der Waals surface area (Å²) in [6, 6.07) is 5.50. The molecule has 1 heterocycles. The SMILES string of the molecule is COC1CCOc2cc(OC(=O)C3CC3)ccc21. The van der Waals surface area contributed by atoms with Crippen LogP contribution >= 0.6 is 0 Å². The predicted octanol–water partition coefficient (Wildman–Crippen LogP) is 2.47. The number of esters is 1. The normalized spacial score (nSPS) is 21.9. The minimum Gasteiger partial charge on any atom is -0.493 e. The van der Waals surface area contributed by atoms with E-state index in [4.69, 9.17) is 14.2 Å². The molecular formula is C14H16O4. The van der Waals surface area contributed by atoms with Crippen molar-refractivity contribution in [3.05, 3.63) is 23.8 Å². The van der Waals surface area contributed by atoms with Gasteiger partial charge in [-0.2, -0.15) is 0 Å². The van der Waals surface area contributed by atoms with Gasteiger partial charge in [0.15, 0.2) is 0 Å². The van der Waals surface area contributed by atoms with Crippen LogP contribution in [0.25, 0.3) is 0 Å². The van der Waals surface area contributed by atoms with Gasteiger partial charge in [-0.05, 0) is 25.0 Å². The summed E-state index contributed by atoms with van der Waals surface area (Å²) in [6.45, 7) is 0.630. The summed E-state index contributed by atoms with van der Waals surface area (Å²) in [4.78, 5) is 11.6. The van der Waals surface area contributed by atoms with Crippen LogP contribution in [0.4, 0.5) is 0 Å². The molecule has 18 heavy (non-hydrogen) atoms. The van der Waals surface area contributed by atoms with Crippen LogP contribution in [-0.4, -0.2) is 19.7 Å². The Balaban J connectivity index is 1.79. The average Bonchev–Trinajstić information content (AvgIpc) is 3.22. The van der Waals surface area contributed by atoms with Gasteiger partial charge < -0.3 is 14.2 Å². The molecule has 1 fully saturated rings. The largest absolute Gasteiger partial charge is 0.493 e. The Morgan fingerprint density at radius 2 is 2.17 bits per heavy atom. The highest BCUT2D eigenvalue weighted by atomic mass is 16.5. The molecule has 0 amide bonds. The van der Waals surface area contributed by atoms with Crippen molar-refractivity contribution in [1.29, 1.82) is 0 Å². The van der Waals surface area contributed by atoms with Gasteiger partial charge in [0.05, 0.1) is 18.6 Å². The molecule has 0 aromatic heterocycles. The van der Waals surface area contributed by atoms with E-state index in [1.165, 1.54) is 0 Å². The molecule has 1 aliphatic carbocycles. The lowest BCUT2D eigenvalue weighted by Gasteiger charge is -2.25. The molecule has 1 aromatic carbocycles. The molecule has 4 nitrogen and oxygen atoms in total. The first-order chi connectivity index (χ1) is 8.78. The summed E-state index contributed by atoms with van der Waals surface area (Å²) >= 11 is 0. The third-order valence-corrected chi connectivity index (χ3v) is 3.38. The van der Waals surface area contributed by atoms with E-state index in [9.17, 15) is 4.79 Å². The molecule has 0 bridgehead atoms. The highest BCUT2D eigenvalue weighted by Gasteiger charge is 2.32. The fourth-order valence-electron chi connectivity index (χ4n) is 2.16. The monoisotopic (exact) mass is 248 g/mol. The maximum atomic E-state index is 11.6. The summed E-state index contributed by atoms with van der Waals surface area (Å²) in [5.74, 6) is 1.29. The van der Waals surface area contributed by atoms with Crippen molar-refractivity contribution in [2.24, 2.45) is 5.92 Å². The van der Waals surface area contributed by atoms with Gasteiger partial charge in [0, 0.05) is 25.2 Å². The van der Waals surface area contributed by atoms with E-state index in [1.807, 2.05) is 6.07 Å². The predicted molar refractivity (Wildman–Crippen MR) is 64.7 cm³/mol. The van der Waals surface area contributed by atoms with E-state index in [0.717, 1.165) is 30.6 Å². The summed E-state index contributed by atoms with van der Waals surface area (Å²) < 4.78 is 16.3. The van der Waals surface area contributed by atoms with Crippen LogP contribution in [0.3, 0.4) is 0 Å². The summed E-state index contributed by atoms with van der Waals surface area (Å²) in [5.41, 5.74) is 1.02. The number of methoxy groups -OCH3 is 1. The minimum absolute atomic E-state index is 0.0712. The van der Waals surface area contributed by atoms with E-state index >= 15 is 0 Å². The molecule has 1 unspecified atom stereocenters. The van der Waals surface area contributed by atoms with Gasteiger partial charge in [-0.25, -0.2) is 0 Å². The van der Waals surface area contributed by atoms with Gasteiger partial charge in [-0.3, -0.25) is 4.79 Å². The number of ether oxygens (including phenoxy) is 3. The van der Waals surface area contributed by atoms with Gasteiger partial charge in [0.2, 0.25) is 0 Å². The smallest absolute Gasteiger partial charge is 0.314 e. The maximum absolute atomic E-state index is 11.6. The third kappa shape index (κ3) is 2.20. The van der Waals surface area contributed by atoms with Crippen molar-refractivity contribution in [1.82, 2.24) is 0 Å². The van der Waals surface area contributed by atoms with Gasteiger partial charge in [-0.15, -0.1) is 0 Å². The zero-order chi connectivity index (χ0) is 12.5. The number of fused-ring (bicyclic) bond motifs is 1. The Hall–Kier alpha value is -1.55. The van der Waals surface area contributed by atoms with E-state index in [1.54, 1.807) is 19.2 Å². The highest BCUT2D eigenvalue weighted by Crippen LogP contribution is 2.37. The lowest BCUT2D eigenvalue weighted by Crippen LogP contribution is -2.16. The lowest BCUT2D eigenvalue weighted by atomic mass is 10.0. The highest BCUT2D eigenvalue weighted by molar-refractivity contribution is 5.77. The molecule has 1 atom stereocenters. The van der Waals surface area contributed by atoms with Crippen LogP contribution < -0.4 is 9.47 Å². The summed E-state index contributed by atoms with van der Waals surface area (Å²) in [5, 5.41) is 0. The number of carbonyl (C=O) groups is 1. The van der Waals surface area contributed by atoms with Crippen LogP contribution in [-0.2, 0) is 9.53 Å². The number of rotatable bonds is 3. The van der Waals surface area contributed by atoms with Crippen LogP contribution in [0.2, 0.25) is 0 Å². The van der Waals surface area contributed by atoms with Gasteiger partial charge in [0.1, 0.15) is 11.5 Å². The second-order valence-corrected chi connectivity index (χ2v) is 4.76. The second-order valence-electron chi connectivity index (χ2n) is 4.76. The van der Waals surface area contributed by atoms with Crippen LogP contribution in [0.15, 0.2) is 18.2 Å². The molecule has 1 aliphatic heterocycles. The van der Waals surface area contributed by atoms with Gasteiger partial charge in [-0.1, -0.05) is 0 Å². The standard InChI is InChI=1S/C14H16O4/c1-16-12-6-7-17-13-8-10(4-5-11(12)13)18-14(15)9-2-3-9/h4-5,8-9,12H,2-3,6-7H2,1H3. The van der Waals surface area contributed by atoms with Crippen LogP contribution in [0, 0.1) is 5.92 Å². The number of hydrogen-bond donors (Lipinski definition) is 0. The Morgan fingerprint density at radius 3 is 2.89 bits per heavy atom. The fourth-order valence-corrected chi connectivity index (χ4v) is 2.16. The second kappa shape index (κ2) is 4.61. The Labute approximate surface area is 106 Å². The average molecular weight is 248 g/mol. The van der Waals surface area contributed by atoms with Crippen molar-refractivity contribution in [3.63, 3.8) is 0 Å². The first kappa shape index (κ1) is 11.5. The zero-order valence-electron chi connectivity index (χ0n) is 10.3.